The SMILES string of the molecule is Cc1cc(-c2ncco2)cc(F)c1-c1cc2cc(NC(=O)C3CC3C)ncc2c(N)n1.Cn1cccn1. The number of anilines is 2. The number of aryl methyl sites for hydroxylation is 2. The molecule has 0 spiro atoms. The molecule has 10 heteroatoms. The van der Waals surface area contributed by atoms with E-state index in [1.807, 2.05) is 26.2 Å². The second kappa shape index (κ2) is 9.81. The summed E-state index contributed by atoms with van der Waals surface area (Å²) in [6.45, 7) is 3.84. The Morgan fingerprint density at radius 3 is 2.62 bits per heavy atom. The van der Waals surface area contributed by atoms with Crippen molar-refractivity contribution in [2.24, 2.45) is 18.9 Å². The fraction of sp³-hybridized carbons (Fsp3) is 0.222. The minimum absolute atomic E-state index is 0.0365. The van der Waals surface area contributed by atoms with Crippen LogP contribution in [0.25, 0.3) is 33.5 Å². The lowest BCUT2D eigenvalue weighted by Gasteiger charge is -2.12. The molecule has 1 amide bonds. The maximum atomic E-state index is 15.1. The number of nitrogens with one attached hydrogen (secondary N) is 1. The molecule has 4 aromatic heterocycles. The van der Waals surface area contributed by atoms with Gasteiger partial charge in [-0.2, -0.15) is 5.10 Å². The van der Waals surface area contributed by atoms with Gasteiger partial charge in [0.05, 0.1) is 11.9 Å². The zero-order chi connectivity index (χ0) is 26.1. The highest BCUT2D eigenvalue weighted by Gasteiger charge is 2.39. The molecule has 2 unspecified atom stereocenters. The van der Waals surface area contributed by atoms with E-state index in [1.54, 1.807) is 42.2 Å². The predicted molar refractivity (Wildman–Crippen MR) is 139 cm³/mol. The first kappa shape index (κ1) is 24.1. The summed E-state index contributed by atoms with van der Waals surface area (Å²) in [7, 11) is 1.89. The molecule has 0 bridgehead atoms. The maximum absolute atomic E-state index is 15.1. The summed E-state index contributed by atoms with van der Waals surface area (Å²) in [5.74, 6) is 0.965. The summed E-state index contributed by atoms with van der Waals surface area (Å²) in [5, 5.41) is 8.03. The summed E-state index contributed by atoms with van der Waals surface area (Å²) in [4.78, 5) is 25.0. The van der Waals surface area contributed by atoms with E-state index >= 15 is 4.39 Å². The van der Waals surface area contributed by atoms with Gasteiger partial charge in [-0.15, -0.1) is 0 Å². The van der Waals surface area contributed by atoms with Crippen LogP contribution in [0.3, 0.4) is 0 Å². The molecule has 0 radical (unpaired) electrons. The molecule has 4 heterocycles. The number of nitrogen functional groups attached to an aromatic ring is 1. The number of halogens is 1. The number of aromatic nitrogens is 5. The molecular formula is C27H26FN7O2. The Morgan fingerprint density at radius 1 is 1.22 bits per heavy atom. The number of benzene rings is 1. The van der Waals surface area contributed by atoms with E-state index < -0.39 is 5.82 Å². The number of hydrogen-bond acceptors (Lipinski definition) is 7. The fourth-order valence-electron chi connectivity index (χ4n) is 4.18. The van der Waals surface area contributed by atoms with E-state index in [1.165, 1.54) is 18.5 Å². The molecule has 1 fully saturated rings. The van der Waals surface area contributed by atoms with Crippen molar-refractivity contribution >= 4 is 28.3 Å². The van der Waals surface area contributed by atoms with Crippen LogP contribution < -0.4 is 11.1 Å². The van der Waals surface area contributed by atoms with E-state index in [4.69, 9.17) is 10.2 Å². The summed E-state index contributed by atoms with van der Waals surface area (Å²) in [6, 6.07) is 8.53. The zero-order valence-electron chi connectivity index (χ0n) is 20.6. The van der Waals surface area contributed by atoms with Crippen LogP contribution in [0, 0.1) is 24.6 Å². The van der Waals surface area contributed by atoms with E-state index in [-0.39, 0.29) is 17.6 Å². The number of pyridine rings is 2. The zero-order valence-corrected chi connectivity index (χ0v) is 20.6. The van der Waals surface area contributed by atoms with Crippen molar-refractivity contribution in [3.8, 4) is 22.7 Å². The second-order valence-electron chi connectivity index (χ2n) is 9.16. The van der Waals surface area contributed by atoms with Crippen LogP contribution in [0.1, 0.15) is 18.9 Å². The predicted octanol–water partition coefficient (Wildman–Crippen LogP) is 5.00. The van der Waals surface area contributed by atoms with Crippen LogP contribution in [-0.2, 0) is 11.8 Å². The third-order valence-electron chi connectivity index (χ3n) is 6.30. The second-order valence-corrected chi connectivity index (χ2v) is 9.16. The van der Waals surface area contributed by atoms with Crippen LogP contribution in [0.2, 0.25) is 0 Å². The topological polar surface area (TPSA) is 125 Å². The maximum Gasteiger partial charge on any atom is 0.228 e. The van der Waals surface area contributed by atoms with Crippen LogP contribution in [0.5, 0.6) is 0 Å². The van der Waals surface area contributed by atoms with Gasteiger partial charge in [-0.05, 0) is 60.5 Å². The molecule has 1 aliphatic carbocycles. The molecule has 1 saturated carbocycles. The molecule has 1 aromatic carbocycles. The largest absolute Gasteiger partial charge is 0.445 e. The van der Waals surface area contributed by atoms with Crippen molar-refractivity contribution in [3.05, 3.63) is 72.8 Å². The van der Waals surface area contributed by atoms with Gasteiger partial charge in [0.2, 0.25) is 11.8 Å². The van der Waals surface area contributed by atoms with Crippen molar-refractivity contribution in [1.29, 1.82) is 0 Å². The highest BCUT2D eigenvalue weighted by atomic mass is 19.1. The number of hydrogen-bond donors (Lipinski definition) is 2. The summed E-state index contributed by atoms with van der Waals surface area (Å²) < 4.78 is 22.1. The Morgan fingerprint density at radius 2 is 2.03 bits per heavy atom. The van der Waals surface area contributed by atoms with Crippen molar-refractivity contribution in [1.82, 2.24) is 24.7 Å². The Labute approximate surface area is 212 Å². The van der Waals surface area contributed by atoms with Crippen molar-refractivity contribution in [2.45, 2.75) is 20.3 Å². The minimum Gasteiger partial charge on any atom is -0.445 e. The summed E-state index contributed by atoms with van der Waals surface area (Å²) in [6.07, 6.45) is 9.05. The molecule has 1 aliphatic rings. The number of oxazole rings is 1. The molecule has 6 rings (SSSR count). The first-order valence-electron chi connectivity index (χ1n) is 11.8. The van der Waals surface area contributed by atoms with Gasteiger partial charge in [-0.3, -0.25) is 9.48 Å². The Balaban J connectivity index is 0.000000412. The molecular weight excluding hydrogens is 473 g/mol. The van der Waals surface area contributed by atoms with E-state index in [0.29, 0.717) is 50.8 Å². The lowest BCUT2D eigenvalue weighted by atomic mass is 9.99. The van der Waals surface area contributed by atoms with Gasteiger partial charge < -0.3 is 15.5 Å². The normalized spacial score (nSPS) is 16.2. The lowest BCUT2D eigenvalue weighted by molar-refractivity contribution is -0.117. The van der Waals surface area contributed by atoms with E-state index in [9.17, 15) is 4.79 Å². The van der Waals surface area contributed by atoms with Gasteiger partial charge in [-0.1, -0.05) is 6.92 Å². The number of nitrogens with zero attached hydrogens (tertiary/aromatic N) is 5. The van der Waals surface area contributed by atoms with Crippen LogP contribution in [0.15, 0.2) is 65.8 Å². The quantitative estimate of drug-likeness (QED) is 0.357. The van der Waals surface area contributed by atoms with Gasteiger partial charge in [0.1, 0.15) is 23.7 Å². The smallest absolute Gasteiger partial charge is 0.228 e. The number of amides is 1. The minimum atomic E-state index is -0.454. The molecule has 3 N–H and O–H groups in total. The average Bonchev–Trinajstić information content (AvgIpc) is 3.22. The van der Waals surface area contributed by atoms with Crippen LogP contribution >= 0.6 is 0 Å². The third-order valence-corrected chi connectivity index (χ3v) is 6.30. The average molecular weight is 500 g/mol. The molecule has 0 saturated heterocycles. The Bertz CT molecular complexity index is 1540. The Hall–Kier alpha value is -4.60. The van der Waals surface area contributed by atoms with Gasteiger partial charge in [-0.25, -0.2) is 19.3 Å². The highest BCUT2D eigenvalue weighted by Crippen LogP contribution is 2.38. The van der Waals surface area contributed by atoms with Crippen LogP contribution in [0.4, 0.5) is 16.0 Å². The molecule has 0 aliphatic heterocycles. The van der Waals surface area contributed by atoms with Crippen molar-refractivity contribution < 1.29 is 13.6 Å². The molecule has 37 heavy (non-hydrogen) atoms. The summed E-state index contributed by atoms with van der Waals surface area (Å²) in [5.41, 5.74) is 8.10. The van der Waals surface area contributed by atoms with Gasteiger partial charge in [0.25, 0.3) is 0 Å². The van der Waals surface area contributed by atoms with Gasteiger partial charge in [0, 0.05) is 48.1 Å². The number of carbonyl (C=O) groups excluding carboxylic acids is 1. The molecule has 2 atom stereocenters. The molecule has 9 nitrogen and oxygen atoms in total. The first-order chi connectivity index (χ1) is 17.8. The number of carbonyl (C=O) groups is 1. The summed E-state index contributed by atoms with van der Waals surface area (Å²) >= 11 is 0. The Kier molecular flexibility index (Phi) is 6.39. The third kappa shape index (κ3) is 5.18. The van der Waals surface area contributed by atoms with E-state index in [0.717, 1.165) is 6.42 Å². The number of fused-ring (bicyclic) bond motifs is 1. The standard InChI is InChI=1S/C23H20FN5O2.C4H6N2/c1-11-6-15(11)22(30)29-19-9-13-8-18(28-21(25)16(13)10-27-19)20-12(2)5-14(7-17(20)24)23-26-3-4-31-23;1-6-4-2-3-5-6/h3-5,7-11,15H,6H2,1-2H3,(H2,25,28)(H,27,29,30);2-4H,1H3. The number of rotatable bonds is 4. The van der Waals surface area contributed by atoms with E-state index in [2.05, 4.69) is 25.4 Å². The number of nitrogens with two attached hydrogens (primary N) is 1. The highest BCUT2D eigenvalue weighted by molar-refractivity contribution is 5.98. The van der Waals surface area contributed by atoms with Gasteiger partial charge in [0.15, 0.2) is 0 Å². The molecule has 188 valence electrons. The first-order valence-corrected chi connectivity index (χ1v) is 11.8. The lowest BCUT2D eigenvalue weighted by Crippen LogP contribution is -2.15. The fourth-order valence-corrected chi connectivity index (χ4v) is 4.18. The van der Waals surface area contributed by atoms with Crippen molar-refractivity contribution in [3.63, 3.8) is 0 Å². The monoisotopic (exact) mass is 499 g/mol. The van der Waals surface area contributed by atoms with Crippen LogP contribution in [-0.4, -0.2) is 30.6 Å². The molecule has 5 aromatic rings. The van der Waals surface area contributed by atoms with Gasteiger partial charge >= 0.3 is 0 Å². The van der Waals surface area contributed by atoms with Crippen molar-refractivity contribution in [2.75, 3.05) is 11.1 Å².